The molecule has 4 rings (SSSR count). The molecule has 2 aromatic carbocycles. The van der Waals surface area contributed by atoms with Crippen LogP contribution in [0.2, 0.25) is 0 Å². The number of hydrogen-bond acceptors (Lipinski definition) is 6. The third-order valence-electron chi connectivity index (χ3n) is 4.44. The SMILES string of the molecule is COc1ccc(C(=O)N(Cc2ccccn2)c2nc3ccc(OC)cc3s2)cc1. The van der Waals surface area contributed by atoms with E-state index in [1.165, 1.54) is 11.3 Å². The van der Waals surface area contributed by atoms with Gasteiger partial charge in [-0.1, -0.05) is 17.4 Å². The predicted molar refractivity (Wildman–Crippen MR) is 114 cm³/mol. The van der Waals surface area contributed by atoms with E-state index in [0.29, 0.717) is 23.0 Å². The van der Waals surface area contributed by atoms with E-state index in [-0.39, 0.29) is 5.91 Å². The standard InChI is InChI=1S/C22H19N3O3S/c1-27-17-8-6-15(7-9-17)21(26)25(14-16-5-3-4-12-23-16)22-24-19-11-10-18(28-2)13-20(19)29-22/h3-13H,14H2,1-2H3. The summed E-state index contributed by atoms with van der Waals surface area (Å²) in [5.41, 5.74) is 2.16. The molecule has 0 N–H and O–H groups in total. The molecule has 0 saturated heterocycles. The molecule has 4 aromatic rings. The number of ether oxygens (including phenoxy) is 2. The minimum Gasteiger partial charge on any atom is -0.497 e. The first-order chi connectivity index (χ1) is 14.2. The number of amides is 1. The summed E-state index contributed by atoms with van der Waals surface area (Å²) in [5.74, 6) is 1.31. The smallest absolute Gasteiger partial charge is 0.260 e. The van der Waals surface area contributed by atoms with Gasteiger partial charge in [0.2, 0.25) is 0 Å². The molecule has 0 aliphatic heterocycles. The van der Waals surface area contributed by atoms with Crippen LogP contribution in [-0.4, -0.2) is 30.1 Å². The average molecular weight is 405 g/mol. The summed E-state index contributed by atoms with van der Waals surface area (Å²) < 4.78 is 11.4. The van der Waals surface area contributed by atoms with Crippen LogP contribution in [0.3, 0.4) is 0 Å². The highest BCUT2D eigenvalue weighted by Crippen LogP contribution is 2.33. The molecule has 0 spiro atoms. The molecular formula is C22H19N3O3S. The van der Waals surface area contributed by atoms with Gasteiger partial charge in [-0.05, 0) is 54.6 Å². The number of pyridine rings is 1. The molecule has 2 heterocycles. The summed E-state index contributed by atoms with van der Waals surface area (Å²) in [5, 5.41) is 0.611. The molecule has 0 aliphatic carbocycles. The van der Waals surface area contributed by atoms with Crippen LogP contribution in [0.1, 0.15) is 16.1 Å². The van der Waals surface area contributed by atoms with E-state index in [1.807, 2.05) is 36.4 Å². The largest absolute Gasteiger partial charge is 0.497 e. The normalized spacial score (nSPS) is 10.7. The van der Waals surface area contributed by atoms with Gasteiger partial charge in [0.15, 0.2) is 5.13 Å². The molecule has 0 saturated carbocycles. The summed E-state index contributed by atoms with van der Waals surface area (Å²) >= 11 is 1.45. The van der Waals surface area contributed by atoms with Gasteiger partial charge in [-0.3, -0.25) is 14.7 Å². The second-order valence-corrected chi connectivity index (χ2v) is 7.28. The molecule has 0 fully saturated rings. The van der Waals surface area contributed by atoms with Gasteiger partial charge in [0, 0.05) is 11.8 Å². The number of fused-ring (bicyclic) bond motifs is 1. The number of thiazole rings is 1. The zero-order valence-corrected chi connectivity index (χ0v) is 16.8. The molecule has 6 nitrogen and oxygen atoms in total. The first-order valence-corrected chi connectivity index (χ1v) is 9.80. The van der Waals surface area contributed by atoms with E-state index in [0.717, 1.165) is 21.7 Å². The van der Waals surface area contributed by atoms with Crippen LogP contribution in [0, 0.1) is 0 Å². The molecule has 0 unspecified atom stereocenters. The molecule has 0 aliphatic rings. The molecule has 0 radical (unpaired) electrons. The number of methoxy groups -OCH3 is 2. The number of benzene rings is 2. The average Bonchev–Trinajstić information content (AvgIpc) is 3.20. The number of carbonyl (C=O) groups is 1. The maximum atomic E-state index is 13.3. The Morgan fingerprint density at radius 1 is 1.00 bits per heavy atom. The molecule has 29 heavy (non-hydrogen) atoms. The van der Waals surface area contributed by atoms with Crippen molar-refractivity contribution in [3.8, 4) is 11.5 Å². The number of hydrogen-bond donors (Lipinski definition) is 0. The van der Waals surface area contributed by atoms with Crippen LogP contribution < -0.4 is 14.4 Å². The van der Waals surface area contributed by atoms with Gasteiger partial charge in [-0.15, -0.1) is 0 Å². The van der Waals surface area contributed by atoms with E-state index in [2.05, 4.69) is 9.97 Å². The number of nitrogens with zero attached hydrogens (tertiary/aromatic N) is 3. The summed E-state index contributed by atoms with van der Waals surface area (Å²) in [6.07, 6.45) is 1.72. The van der Waals surface area contributed by atoms with E-state index in [4.69, 9.17) is 9.47 Å². The molecule has 7 heteroatoms. The fourth-order valence-electron chi connectivity index (χ4n) is 2.90. The van der Waals surface area contributed by atoms with E-state index >= 15 is 0 Å². The van der Waals surface area contributed by atoms with Crippen molar-refractivity contribution in [1.29, 1.82) is 0 Å². The Balaban J connectivity index is 1.74. The fraction of sp³-hybridized carbons (Fsp3) is 0.136. The number of anilines is 1. The van der Waals surface area contributed by atoms with Crippen LogP contribution in [-0.2, 0) is 6.54 Å². The second kappa shape index (κ2) is 8.28. The van der Waals surface area contributed by atoms with Crippen LogP contribution in [0.5, 0.6) is 11.5 Å². The highest BCUT2D eigenvalue weighted by molar-refractivity contribution is 7.22. The third kappa shape index (κ3) is 4.05. The summed E-state index contributed by atoms with van der Waals surface area (Å²) in [4.78, 5) is 24.1. The molecule has 2 aromatic heterocycles. The van der Waals surface area contributed by atoms with Gasteiger partial charge >= 0.3 is 0 Å². The Labute approximate surface area is 172 Å². The third-order valence-corrected chi connectivity index (χ3v) is 5.48. The maximum absolute atomic E-state index is 13.3. The van der Waals surface area contributed by atoms with Crippen molar-refractivity contribution in [2.45, 2.75) is 6.54 Å². The van der Waals surface area contributed by atoms with Crippen molar-refractivity contribution < 1.29 is 14.3 Å². The molecule has 0 atom stereocenters. The lowest BCUT2D eigenvalue weighted by Crippen LogP contribution is -2.30. The molecule has 0 bridgehead atoms. The van der Waals surface area contributed by atoms with Crippen molar-refractivity contribution in [2.24, 2.45) is 0 Å². The highest BCUT2D eigenvalue weighted by atomic mass is 32.1. The van der Waals surface area contributed by atoms with Crippen molar-refractivity contribution in [1.82, 2.24) is 9.97 Å². The van der Waals surface area contributed by atoms with Gasteiger partial charge in [0.25, 0.3) is 5.91 Å². The van der Waals surface area contributed by atoms with Crippen LogP contribution in [0.25, 0.3) is 10.2 Å². The van der Waals surface area contributed by atoms with Crippen molar-refractivity contribution in [3.63, 3.8) is 0 Å². The lowest BCUT2D eigenvalue weighted by atomic mass is 10.2. The van der Waals surface area contributed by atoms with E-state index in [1.54, 1.807) is 49.6 Å². The zero-order chi connectivity index (χ0) is 20.2. The first kappa shape index (κ1) is 18.9. The maximum Gasteiger partial charge on any atom is 0.260 e. The summed E-state index contributed by atoms with van der Waals surface area (Å²) in [7, 11) is 3.23. The van der Waals surface area contributed by atoms with Gasteiger partial charge in [-0.2, -0.15) is 0 Å². The van der Waals surface area contributed by atoms with Crippen molar-refractivity contribution in [2.75, 3.05) is 19.1 Å². The molecule has 146 valence electrons. The molecular weight excluding hydrogens is 386 g/mol. The van der Waals surface area contributed by atoms with Gasteiger partial charge in [0.1, 0.15) is 11.5 Å². The van der Waals surface area contributed by atoms with Gasteiger partial charge in [0.05, 0.1) is 36.7 Å². The molecule has 1 amide bonds. The first-order valence-electron chi connectivity index (χ1n) is 8.98. The second-order valence-electron chi connectivity index (χ2n) is 6.27. The summed E-state index contributed by atoms with van der Waals surface area (Å²) in [6.45, 7) is 0.322. The number of carbonyl (C=O) groups excluding carboxylic acids is 1. The Bertz CT molecular complexity index is 1130. The topological polar surface area (TPSA) is 64.5 Å². The van der Waals surface area contributed by atoms with Gasteiger partial charge in [-0.25, -0.2) is 4.98 Å². The quantitative estimate of drug-likeness (QED) is 0.471. The highest BCUT2D eigenvalue weighted by Gasteiger charge is 2.22. The summed E-state index contributed by atoms with van der Waals surface area (Å²) in [6, 6.07) is 18.4. The Morgan fingerprint density at radius 2 is 1.76 bits per heavy atom. The Hall–Kier alpha value is -3.45. The van der Waals surface area contributed by atoms with Gasteiger partial charge < -0.3 is 9.47 Å². The minimum absolute atomic E-state index is 0.149. The van der Waals surface area contributed by atoms with Crippen LogP contribution in [0.15, 0.2) is 66.9 Å². The predicted octanol–water partition coefficient (Wildman–Crippen LogP) is 4.56. The van der Waals surface area contributed by atoms with E-state index < -0.39 is 0 Å². The minimum atomic E-state index is -0.149. The Morgan fingerprint density at radius 3 is 2.45 bits per heavy atom. The van der Waals surface area contributed by atoms with Crippen LogP contribution in [0.4, 0.5) is 5.13 Å². The monoisotopic (exact) mass is 405 g/mol. The number of rotatable bonds is 6. The Kier molecular flexibility index (Phi) is 5.39. The lowest BCUT2D eigenvalue weighted by Gasteiger charge is -2.19. The van der Waals surface area contributed by atoms with Crippen molar-refractivity contribution in [3.05, 3.63) is 78.1 Å². The lowest BCUT2D eigenvalue weighted by molar-refractivity contribution is 0.0985. The van der Waals surface area contributed by atoms with E-state index in [9.17, 15) is 4.79 Å². The fourth-order valence-corrected chi connectivity index (χ4v) is 3.90. The van der Waals surface area contributed by atoms with Crippen LogP contribution >= 0.6 is 11.3 Å². The zero-order valence-electron chi connectivity index (χ0n) is 16.0. The number of aromatic nitrogens is 2. The van der Waals surface area contributed by atoms with Crippen molar-refractivity contribution >= 4 is 32.6 Å².